The van der Waals surface area contributed by atoms with Crippen LogP contribution in [-0.2, 0) is 17.5 Å². The van der Waals surface area contributed by atoms with Crippen molar-refractivity contribution in [3.63, 3.8) is 0 Å². The summed E-state index contributed by atoms with van der Waals surface area (Å²) in [6.07, 6.45) is -2.28. The van der Waals surface area contributed by atoms with Crippen LogP contribution in [0, 0.1) is 0 Å². The maximum Gasteiger partial charge on any atom is 0.416 e. The van der Waals surface area contributed by atoms with E-state index in [0.717, 1.165) is 50.2 Å². The van der Waals surface area contributed by atoms with Crippen molar-refractivity contribution in [1.82, 2.24) is 14.8 Å². The quantitative estimate of drug-likeness (QED) is 0.289. The average Bonchev–Trinajstić information content (AvgIpc) is 3.28. The predicted octanol–water partition coefficient (Wildman–Crippen LogP) is 5.41. The Morgan fingerprint density at radius 1 is 1.10 bits per heavy atom. The third kappa shape index (κ3) is 6.77. The van der Waals surface area contributed by atoms with Gasteiger partial charge in [-0.25, -0.2) is 4.98 Å². The molecule has 0 bridgehead atoms. The van der Waals surface area contributed by atoms with Gasteiger partial charge in [-0.2, -0.15) is 13.2 Å². The fraction of sp³-hybridized carbons (Fsp3) is 0.333. The number of anilines is 4. The minimum atomic E-state index is -4.47. The molecule has 2 aromatic carbocycles. The zero-order valence-corrected chi connectivity index (χ0v) is 23.5. The molecule has 0 aliphatic carbocycles. The maximum atomic E-state index is 14.1. The van der Waals surface area contributed by atoms with Crippen LogP contribution in [0.3, 0.4) is 0 Å². The number of carbonyl (C=O) groups is 1. The van der Waals surface area contributed by atoms with Crippen LogP contribution in [0.1, 0.15) is 18.1 Å². The number of amides is 1. The number of aromatic nitrogens is 1. The van der Waals surface area contributed by atoms with Crippen LogP contribution in [0.25, 0.3) is 0 Å². The van der Waals surface area contributed by atoms with Crippen molar-refractivity contribution in [1.29, 1.82) is 0 Å². The SMILES string of the molecule is C=CC(=O)Nc1cc(Oc2ccc3c(c2)N(C)C(Nc2ccc(CN4CCN(CC)CC4)c(C(F)(F)F)c2)N3)ccn1. The lowest BCUT2D eigenvalue weighted by atomic mass is 10.0. The fourth-order valence-corrected chi connectivity index (χ4v) is 5.09. The summed E-state index contributed by atoms with van der Waals surface area (Å²) in [5.74, 6) is 0.953. The zero-order valence-electron chi connectivity index (χ0n) is 23.5. The molecular weight excluding hydrogens is 547 g/mol. The number of pyridine rings is 1. The van der Waals surface area contributed by atoms with Gasteiger partial charge in [0.25, 0.3) is 0 Å². The first-order chi connectivity index (χ1) is 20.1. The van der Waals surface area contributed by atoms with Gasteiger partial charge in [0.05, 0.1) is 16.9 Å². The van der Waals surface area contributed by atoms with E-state index in [1.54, 1.807) is 30.3 Å². The summed E-state index contributed by atoms with van der Waals surface area (Å²) in [6, 6.07) is 13.2. The van der Waals surface area contributed by atoms with Crippen molar-refractivity contribution in [3.05, 3.63) is 78.5 Å². The number of carbonyl (C=O) groups excluding carboxylic acids is 1. The van der Waals surface area contributed by atoms with Crippen molar-refractivity contribution < 1.29 is 22.7 Å². The number of benzene rings is 2. The third-order valence-electron chi connectivity index (χ3n) is 7.46. The summed E-state index contributed by atoms with van der Waals surface area (Å²) >= 11 is 0. The van der Waals surface area contributed by atoms with Gasteiger partial charge in [0.15, 0.2) is 6.29 Å². The Balaban J connectivity index is 1.27. The highest BCUT2D eigenvalue weighted by molar-refractivity contribution is 5.98. The molecule has 1 saturated heterocycles. The lowest BCUT2D eigenvalue weighted by Gasteiger charge is -2.34. The number of fused-ring (bicyclic) bond motifs is 1. The molecule has 2 aliphatic rings. The average molecular weight is 582 g/mol. The first-order valence-corrected chi connectivity index (χ1v) is 13.7. The first-order valence-electron chi connectivity index (χ1n) is 13.7. The Labute approximate surface area is 243 Å². The van der Waals surface area contributed by atoms with Crippen LogP contribution < -0.4 is 25.6 Å². The van der Waals surface area contributed by atoms with Gasteiger partial charge in [0.2, 0.25) is 5.91 Å². The molecule has 1 unspecified atom stereocenters. The highest BCUT2D eigenvalue weighted by atomic mass is 19.4. The second kappa shape index (κ2) is 12.3. The number of hydrogen-bond acceptors (Lipinski definition) is 8. The van der Waals surface area contributed by atoms with Gasteiger partial charge in [0, 0.05) is 63.8 Å². The molecule has 12 heteroatoms. The van der Waals surface area contributed by atoms with E-state index in [4.69, 9.17) is 4.74 Å². The number of piperazine rings is 1. The molecule has 222 valence electrons. The smallest absolute Gasteiger partial charge is 0.416 e. The van der Waals surface area contributed by atoms with E-state index in [9.17, 15) is 18.0 Å². The lowest BCUT2D eigenvalue weighted by molar-refractivity contribution is -0.138. The molecule has 9 nitrogen and oxygen atoms in total. The molecule has 42 heavy (non-hydrogen) atoms. The Morgan fingerprint density at radius 3 is 2.55 bits per heavy atom. The number of alkyl halides is 3. The standard InChI is InChI=1S/C30H34F3N7O2/c1-4-28(41)37-27-18-23(10-11-34-27)42-22-8-9-25-26(17-22)38(3)29(36-25)35-21-7-6-20(24(16-21)30(31,32)33)19-40-14-12-39(5-2)13-15-40/h4,6-11,16-18,29,35-36H,1,5,12-15,19H2,2-3H3,(H,34,37,41). The molecule has 1 atom stereocenters. The van der Waals surface area contributed by atoms with Crippen LogP contribution in [0.15, 0.2) is 67.4 Å². The van der Waals surface area contributed by atoms with Crippen LogP contribution in [-0.4, -0.2) is 66.8 Å². The van der Waals surface area contributed by atoms with Gasteiger partial charge in [-0.15, -0.1) is 0 Å². The van der Waals surface area contributed by atoms with Crippen LogP contribution >= 0.6 is 0 Å². The normalized spacial score (nSPS) is 17.4. The Hall–Kier alpha value is -4.29. The number of nitrogens with zero attached hydrogens (tertiary/aromatic N) is 4. The first kappa shape index (κ1) is 29.2. The number of hydrogen-bond donors (Lipinski definition) is 3. The van der Waals surface area contributed by atoms with Gasteiger partial charge >= 0.3 is 6.18 Å². The van der Waals surface area contributed by atoms with Crippen molar-refractivity contribution in [2.75, 3.05) is 60.6 Å². The van der Waals surface area contributed by atoms with Gasteiger partial charge in [-0.1, -0.05) is 19.6 Å². The van der Waals surface area contributed by atoms with E-state index in [1.165, 1.54) is 12.3 Å². The van der Waals surface area contributed by atoms with Crippen molar-refractivity contribution in [3.8, 4) is 11.5 Å². The summed E-state index contributed by atoms with van der Waals surface area (Å²) in [7, 11) is 1.84. The molecule has 1 fully saturated rings. The second-order valence-corrected chi connectivity index (χ2v) is 10.2. The van der Waals surface area contributed by atoms with Crippen molar-refractivity contribution in [2.24, 2.45) is 0 Å². The van der Waals surface area contributed by atoms with Crippen molar-refractivity contribution in [2.45, 2.75) is 25.9 Å². The number of rotatable bonds is 9. The minimum absolute atomic E-state index is 0.266. The molecule has 2 aliphatic heterocycles. The molecule has 1 amide bonds. The molecule has 3 aromatic rings. The van der Waals surface area contributed by atoms with E-state index in [-0.39, 0.29) is 18.0 Å². The molecular formula is C30H34F3N7O2. The minimum Gasteiger partial charge on any atom is -0.457 e. The third-order valence-corrected chi connectivity index (χ3v) is 7.46. The Bertz CT molecular complexity index is 1440. The lowest BCUT2D eigenvalue weighted by Crippen LogP contribution is -2.45. The number of likely N-dealkylation sites (N-methyl/N-ethyl adjacent to an activating group) is 1. The Kier molecular flexibility index (Phi) is 8.55. The van der Waals surface area contributed by atoms with E-state index in [2.05, 4.69) is 44.2 Å². The van der Waals surface area contributed by atoms with Crippen LogP contribution in [0.4, 0.5) is 36.1 Å². The van der Waals surface area contributed by atoms with Crippen LogP contribution in [0.2, 0.25) is 0 Å². The molecule has 0 saturated carbocycles. The summed E-state index contributed by atoms with van der Waals surface area (Å²) < 4.78 is 48.3. The zero-order chi connectivity index (χ0) is 29.9. The molecule has 5 rings (SSSR count). The van der Waals surface area contributed by atoms with Gasteiger partial charge in [-0.3, -0.25) is 9.69 Å². The monoisotopic (exact) mass is 581 g/mol. The molecule has 1 aromatic heterocycles. The Morgan fingerprint density at radius 2 is 1.83 bits per heavy atom. The molecule has 3 heterocycles. The number of ether oxygens (including phenoxy) is 1. The second-order valence-electron chi connectivity index (χ2n) is 10.2. The van der Waals surface area contributed by atoms with E-state index >= 15 is 0 Å². The summed E-state index contributed by atoms with van der Waals surface area (Å²) in [5.41, 5.74) is 1.62. The van der Waals surface area contributed by atoms with Gasteiger partial charge in [-0.05, 0) is 48.5 Å². The molecule has 0 radical (unpaired) electrons. The summed E-state index contributed by atoms with van der Waals surface area (Å²) in [4.78, 5) is 21.9. The maximum absolute atomic E-state index is 14.1. The number of halogens is 3. The van der Waals surface area contributed by atoms with Crippen molar-refractivity contribution >= 4 is 28.8 Å². The molecule has 3 N–H and O–H groups in total. The van der Waals surface area contributed by atoms with E-state index < -0.39 is 18.0 Å². The van der Waals surface area contributed by atoms with Gasteiger partial charge in [0.1, 0.15) is 17.3 Å². The fourth-order valence-electron chi connectivity index (χ4n) is 5.09. The highest BCUT2D eigenvalue weighted by Gasteiger charge is 2.35. The summed E-state index contributed by atoms with van der Waals surface area (Å²) in [6.45, 7) is 9.96. The molecule has 0 spiro atoms. The number of nitrogens with one attached hydrogen (secondary N) is 3. The topological polar surface area (TPSA) is 85.0 Å². The van der Waals surface area contributed by atoms with Crippen LogP contribution in [0.5, 0.6) is 11.5 Å². The highest BCUT2D eigenvalue weighted by Crippen LogP contribution is 2.39. The predicted molar refractivity (Wildman–Crippen MR) is 158 cm³/mol. The largest absolute Gasteiger partial charge is 0.457 e. The van der Waals surface area contributed by atoms with Gasteiger partial charge < -0.3 is 30.5 Å². The summed E-state index contributed by atoms with van der Waals surface area (Å²) in [5, 5.41) is 9.09. The van der Waals surface area contributed by atoms with E-state index in [0.29, 0.717) is 23.0 Å². The van der Waals surface area contributed by atoms with E-state index in [1.807, 2.05) is 24.1 Å².